The molecule has 1 aliphatic heterocycles. The number of aromatic nitrogens is 5. The van der Waals surface area contributed by atoms with E-state index < -0.39 is 0 Å². The quantitative estimate of drug-likeness (QED) is 0.354. The Balaban J connectivity index is 1.19. The van der Waals surface area contributed by atoms with Crippen LogP contribution in [0.3, 0.4) is 0 Å². The van der Waals surface area contributed by atoms with E-state index >= 15 is 0 Å². The number of hydrogen-bond acceptors (Lipinski definition) is 6. The van der Waals surface area contributed by atoms with Crippen molar-refractivity contribution in [3.8, 4) is 17.0 Å². The zero-order valence-corrected chi connectivity index (χ0v) is 21.2. The van der Waals surface area contributed by atoms with Crippen LogP contribution in [0.1, 0.15) is 34.6 Å². The van der Waals surface area contributed by atoms with Crippen molar-refractivity contribution in [3.05, 3.63) is 77.5 Å². The van der Waals surface area contributed by atoms with Gasteiger partial charge in [0, 0.05) is 47.4 Å². The molecule has 0 saturated carbocycles. The number of nitrogens with zero attached hydrogens (tertiary/aromatic N) is 5. The Labute approximate surface area is 218 Å². The number of amides is 1. The van der Waals surface area contributed by atoms with Crippen LogP contribution in [-0.2, 0) is 6.54 Å². The predicted octanol–water partition coefficient (Wildman–Crippen LogP) is 4.12. The number of nitrogens with one attached hydrogen (secondary N) is 2. The zero-order chi connectivity index (χ0) is 26.2. The first-order valence-electron chi connectivity index (χ1n) is 12.6. The molecule has 1 amide bonds. The molecule has 9 nitrogen and oxygen atoms in total. The van der Waals surface area contributed by atoms with E-state index in [9.17, 15) is 9.18 Å². The van der Waals surface area contributed by atoms with Gasteiger partial charge in [0.2, 0.25) is 0 Å². The first-order valence-corrected chi connectivity index (χ1v) is 12.6. The van der Waals surface area contributed by atoms with Gasteiger partial charge in [-0.25, -0.2) is 13.9 Å². The van der Waals surface area contributed by atoms with Gasteiger partial charge in [-0.15, -0.1) is 0 Å². The zero-order valence-electron chi connectivity index (χ0n) is 21.2. The van der Waals surface area contributed by atoms with E-state index in [0.717, 1.165) is 47.2 Å². The van der Waals surface area contributed by atoms with E-state index in [4.69, 9.17) is 4.74 Å². The average Bonchev–Trinajstić information content (AvgIpc) is 3.51. The van der Waals surface area contributed by atoms with Crippen LogP contribution in [0, 0.1) is 12.7 Å². The van der Waals surface area contributed by atoms with Gasteiger partial charge in [-0.2, -0.15) is 10.2 Å². The number of aromatic amines is 1. The third-order valence-corrected chi connectivity index (χ3v) is 7.05. The maximum atomic E-state index is 14.5. The molecule has 3 aromatic heterocycles. The van der Waals surface area contributed by atoms with Crippen LogP contribution < -0.4 is 10.1 Å². The number of ether oxygens (including phenoxy) is 1. The molecule has 38 heavy (non-hydrogen) atoms. The van der Waals surface area contributed by atoms with E-state index in [0.29, 0.717) is 35.8 Å². The van der Waals surface area contributed by atoms with Crippen LogP contribution >= 0.6 is 0 Å². The summed E-state index contributed by atoms with van der Waals surface area (Å²) in [5.74, 6) is 0.815. The number of methoxy groups -OCH3 is 1. The molecular formula is C28H28FN7O2. The van der Waals surface area contributed by atoms with Gasteiger partial charge >= 0.3 is 0 Å². The van der Waals surface area contributed by atoms with Crippen molar-refractivity contribution < 1.29 is 13.9 Å². The summed E-state index contributed by atoms with van der Waals surface area (Å²) >= 11 is 0. The lowest BCUT2D eigenvalue weighted by atomic mass is 10.0. The fourth-order valence-electron chi connectivity index (χ4n) is 5.20. The van der Waals surface area contributed by atoms with Crippen molar-refractivity contribution in [1.82, 2.24) is 35.0 Å². The Hall–Kier alpha value is -4.31. The number of piperidine rings is 1. The molecule has 1 atom stereocenters. The monoisotopic (exact) mass is 513 g/mol. The third kappa shape index (κ3) is 4.58. The third-order valence-electron chi connectivity index (χ3n) is 7.05. The van der Waals surface area contributed by atoms with E-state index in [1.165, 1.54) is 6.07 Å². The molecule has 1 aliphatic rings. The molecule has 0 unspecified atom stereocenters. The number of aryl methyl sites for hydroxylation is 1. The highest BCUT2D eigenvalue weighted by atomic mass is 19.1. The highest BCUT2D eigenvalue weighted by Crippen LogP contribution is 2.28. The van der Waals surface area contributed by atoms with Crippen molar-refractivity contribution >= 4 is 22.5 Å². The average molecular weight is 514 g/mol. The van der Waals surface area contributed by atoms with Crippen molar-refractivity contribution in [2.45, 2.75) is 32.4 Å². The fourth-order valence-corrected chi connectivity index (χ4v) is 5.20. The molecule has 6 rings (SSSR count). The lowest BCUT2D eigenvalue weighted by Gasteiger charge is -2.33. The summed E-state index contributed by atoms with van der Waals surface area (Å²) in [5.41, 5.74) is 4.32. The molecule has 0 bridgehead atoms. The highest BCUT2D eigenvalue weighted by molar-refractivity contribution is 6.01. The number of H-pyrrole nitrogens is 1. The van der Waals surface area contributed by atoms with Gasteiger partial charge in [0.25, 0.3) is 5.91 Å². The Kier molecular flexibility index (Phi) is 6.24. The number of carbonyl (C=O) groups excluding carboxylic acids is 1. The second-order valence-corrected chi connectivity index (χ2v) is 9.68. The van der Waals surface area contributed by atoms with Gasteiger partial charge in [-0.3, -0.25) is 14.8 Å². The van der Waals surface area contributed by atoms with E-state index in [-0.39, 0.29) is 17.8 Å². The lowest BCUT2D eigenvalue weighted by Crippen LogP contribution is -2.47. The molecule has 0 aliphatic carbocycles. The molecule has 2 aromatic carbocycles. The number of fused-ring (bicyclic) bond motifs is 2. The maximum absolute atomic E-state index is 14.5. The topological polar surface area (TPSA) is 100 Å². The molecule has 0 spiro atoms. The van der Waals surface area contributed by atoms with E-state index in [1.54, 1.807) is 29.8 Å². The Morgan fingerprint density at radius 2 is 2.13 bits per heavy atom. The predicted molar refractivity (Wildman–Crippen MR) is 142 cm³/mol. The number of halogens is 1. The van der Waals surface area contributed by atoms with Gasteiger partial charge in [0.15, 0.2) is 5.65 Å². The van der Waals surface area contributed by atoms with Crippen molar-refractivity contribution in [2.24, 2.45) is 0 Å². The number of likely N-dealkylation sites (tertiary alicyclic amines) is 1. The molecule has 194 valence electrons. The number of benzene rings is 2. The normalized spacial score (nSPS) is 16.2. The van der Waals surface area contributed by atoms with E-state index in [2.05, 4.69) is 30.5 Å². The van der Waals surface area contributed by atoms with Crippen LogP contribution in [-0.4, -0.2) is 61.8 Å². The highest BCUT2D eigenvalue weighted by Gasteiger charge is 2.24. The first-order chi connectivity index (χ1) is 18.5. The summed E-state index contributed by atoms with van der Waals surface area (Å²) in [5, 5.41) is 16.0. The molecular weight excluding hydrogens is 485 g/mol. The van der Waals surface area contributed by atoms with Gasteiger partial charge in [-0.1, -0.05) is 6.07 Å². The second kappa shape index (κ2) is 9.86. The number of carbonyl (C=O) groups is 1. The second-order valence-electron chi connectivity index (χ2n) is 9.68. The van der Waals surface area contributed by atoms with Crippen LogP contribution in [0.2, 0.25) is 0 Å². The number of rotatable bonds is 6. The van der Waals surface area contributed by atoms with Crippen molar-refractivity contribution in [2.75, 3.05) is 20.2 Å². The van der Waals surface area contributed by atoms with Gasteiger partial charge in [-0.05, 0) is 68.8 Å². The van der Waals surface area contributed by atoms with Crippen LogP contribution in [0.15, 0.2) is 54.7 Å². The lowest BCUT2D eigenvalue weighted by molar-refractivity contribution is 0.0899. The summed E-state index contributed by atoms with van der Waals surface area (Å²) < 4.78 is 21.5. The van der Waals surface area contributed by atoms with Crippen LogP contribution in [0.5, 0.6) is 5.75 Å². The Bertz CT molecular complexity index is 1640. The standard InChI is InChI=1S/C28H28FN7O2/c1-17-30-26-11-9-19(14-36(26)34-17)27-21-13-18(8-10-24(21)32-33-27)28(37)31-20-5-4-12-35(15-20)16-22-23(29)6-3-7-25(22)38-2/h3,6-11,13-14,20H,4-5,12,15-16H2,1-2H3,(H,31,37)(H,32,33)/t20-/m1/s1. The molecule has 0 radical (unpaired) electrons. The molecule has 2 N–H and O–H groups in total. The maximum Gasteiger partial charge on any atom is 0.251 e. The Morgan fingerprint density at radius 3 is 3.00 bits per heavy atom. The minimum absolute atomic E-state index is 0.0357. The fraction of sp³-hybridized carbons (Fsp3) is 0.286. The summed E-state index contributed by atoms with van der Waals surface area (Å²) in [4.78, 5) is 19.8. The Morgan fingerprint density at radius 1 is 1.24 bits per heavy atom. The van der Waals surface area contributed by atoms with Crippen LogP contribution in [0.4, 0.5) is 4.39 Å². The largest absolute Gasteiger partial charge is 0.496 e. The van der Waals surface area contributed by atoms with E-state index in [1.807, 2.05) is 37.4 Å². The smallest absolute Gasteiger partial charge is 0.251 e. The first kappa shape index (κ1) is 24.1. The van der Waals surface area contributed by atoms with Crippen molar-refractivity contribution in [1.29, 1.82) is 0 Å². The molecule has 5 aromatic rings. The minimum atomic E-state index is -0.280. The minimum Gasteiger partial charge on any atom is -0.496 e. The van der Waals surface area contributed by atoms with Crippen molar-refractivity contribution in [3.63, 3.8) is 0 Å². The van der Waals surface area contributed by atoms with Gasteiger partial charge in [0.1, 0.15) is 23.1 Å². The summed E-state index contributed by atoms with van der Waals surface area (Å²) in [6.45, 7) is 3.76. The van der Waals surface area contributed by atoms with Crippen LogP contribution in [0.25, 0.3) is 27.8 Å². The SMILES string of the molecule is COc1cccc(F)c1CN1CCC[C@@H](NC(=O)c2ccc3[nH]nc(-c4ccc5nc(C)nn5c4)c3c2)C1. The number of pyridine rings is 1. The summed E-state index contributed by atoms with van der Waals surface area (Å²) in [6.07, 6.45) is 3.67. The summed E-state index contributed by atoms with van der Waals surface area (Å²) in [7, 11) is 1.55. The van der Waals surface area contributed by atoms with Gasteiger partial charge < -0.3 is 10.1 Å². The number of hydrogen-bond donors (Lipinski definition) is 2. The molecule has 10 heteroatoms. The molecule has 4 heterocycles. The molecule has 1 fully saturated rings. The summed E-state index contributed by atoms with van der Waals surface area (Å²) in [6, 6.07) is 14.2. The van der Waals surface area contributed by atoms with Gasteiger partial charge in [0.05, 0.1) is 12.6 Å². The molecule has 1 saturated heterocycles.